The fourth-order valence-electron chi connectivity index (χ4n) is 3.88. The summed E-state index contributed by atoms with van der Waals surface area (Å²) in [7, 11) is 1.44. The van der Waals surface area contributed by atoms with E-state index >= 15 is 0 Å². The Hall–Kier alpha value is -1.34. The SMILES string of the molecule is COC(=O)C12CC(NC[C@@H]3CN(C(=O)O)CCN3)(C1)C2. The van der Waals surface area contributed by atoms with E-state index < -0.39 is 6.09 Å². The number of nitrogens with one attached hydrogen (secondary N) is 2. The number of carboxylic acid groups (broad SMARTS) is 1. The lowest BCUT2D eigenvalue weighted by Gasteiger charge is -2.69. The molecule has 1 saturated heterocycles. The van der Waals surface area contributed by atoms with Crippen molar-refractivity contribution in [3.05, 3.63) is 0 Å². The highest BCUT2D eigenvalue weighted by atomic mass is 16.5. The molecule has 7 nitrogen and oxygen atoms in total. The van der Waals surface area contributed by atoms with E-state index in [1.807, 2.05) is 0 Å². The third-order valence-electron chi connectivity index (χ3n) is 4.90. The van der Waals surface area contributed by atoms with Gasteiger partial charge in [0.15, 0.2) is 0 Å². The van der Waals surface area contributed by atoms with Crippen LogP contribution in [0.15, 0.2) is 0 Å². The smallest absolute Gasteiger partial charge is 0.407 e. The number of carbonyl (C=O) groups is 2. The Labute approximate surface area is 117 Å². The molecule has 0 unspecified atom stereocenters. The molecule has 4 rings (SSSR count). The third kappa shape index (κ3) is 2.05. The molecule has 1 atom stereocenters. The number of carbonyl (C=O) groups excluding carboxylic acids is 1. The largest absolute Gasteiger partial charge is 0.469 e. The molecule has 3 saturated carbocycles. The Morgan fingerprint density at radius 2 is 2.15 bits per heavy atom. The first-order valence-electron chi connectivity index (χ1n) is 7.03. The van der Waals surface area contributed by atoms with Crippen LogP contribution < -0.4 is 10.6 Å². The fraction of sp³-hybridized carbons (Fsp3) is 0.846. The summed E-state index contributed by atoms with van der Waals surface area (Å²) >= 11 is 0. The topological polar surface area (TPSA) is 90.9 Å². The van der Waals surface area contributed by atoms with Crippen LogP contribution in [-0.4, -0.2) is 66.9 Å². The van der Waals surface area contributed by atoms with E-state index in [1.165, 1.54) is 12.0 Å². The molecule has 4 fully saturated rings. The average molecular weight is 283 g/mol. The first-order chi connectivity index (χ1) is 9.49. The molecule has 3 N–H and O–H groups in total. The molecule has 0 aromatic heterocycles. The van der Waals surface area contributed by atoms with Crippen molar-refractivity contribution in [2.75, 3.05) is 33.3 Å². The highest BCUT2D eigenvalue weighted by Crippen LogP contribution is 2.67. The molecule has 112 valence electrons. The summed E-state index contributed by atoms with van der Waals surface area (Å²) in [5.74, 6) is -0.0889. The zero-order chi connectivity index (χ0) is 14.4. The number of piperazine rings is 1. The van der Waals surface area contributed by atoms with Gasteiger partial charge in [0.2, 0.25) is 0 Å². The van der Waals surface area contributed by atoms with Crippen LogP contribution in [0.5, 0.6) is 0 Å². The molecule has 0 radical (unpaired) electrons. The lowest BCUT2D eigenvalue weighted by atomic mass is 9.39. The van der Waals surface area contributed by atoms with Crippen molar-refractivity contribution in [1.82, 2.24) is 15.5 Å². The maximum Gasteiger partial charge on any atom is 0.407 e. The quantitative estimate of drug-likeness (QED) is 0.610. The summed E-state index contributed by atoms with van der Waals surface area (Å²) in [6.45, 7) is 2.49. The van der Waals surface area contributed by atoms with Gasteiger partial charge in [0.1, 0.15) is 0 Å². The summed E-state index contributed by atoms with van der Waals surface area (Å²) in [5, 5.41) is 15.8. The van der Waals surface area contributed by atoms with E-state index in [2.05, 4.69) is 10.6 Å². The summed E-state index contributed by atoms with van der Waals surface area (Å²) in [6, 6.07) is 0.142. The molecule has 20 heavy (non-hydrogen) atoms. The van der Waals surface area contributed by atoms with Crippen LogP contribution in [0, 0.1) is 5.41 Å². The molecule has 0 aromatic carbocycles. The average Bonchev–Trinajstić information content (AvgIpc) is 2.35. The lowest BCUT2D eigenvalue weighted by Crippen LogP contribution is -2.77. The number of hydrogen-bond acceptors (Lipinski definition) is 5. The van der Waals surface area contributed by atoms with Gasteiger partial charge in [-0.3, -0.25) is 4.79 Å². The van der Waals surface area contributed by atoms with Crippen LogP contribution >= 0.6 is 0 Å². The summed E-state index contributed by atoms with van der Waals surface area (Å²) in [4.78, 5) is 24.0. The van der Waals surface area contributed by atoms with Gasteiger partial charge in [-0.05, 0) is 19.3 Å². The normalized spacial score (nSPS) is 38.6. The molecule has 1 amide bonds. The van der Waals surface area contributed by atoms with Crippen molar-refractivity contribution in [2.24, 2.45) is 5.41 Å². The number of rotatable bonds is 4. The van der Waals surface area contributed by atoms with E-state index in [0.29, 0.717) is 19.6 Å². The summed E-state index contributed by atoms with van der Waals surface area (Å²) in [5.41, 5.74) is -0.143. The minimum absolute atomic E-state index is 0.0847. The molecule has 1 aliphatic heterocycles. The zero-order valence-corrected chi connectivity index (χ0v) is 11.6. The molecule has 7 heteroatoms. The molecule has 4 aliphatic rings. The molecule has 2 bridgehead atoms. The predicted octanol–water partition coefficient (Wildman–Crippen LogP) is -0.376. The number of esters is 1. The number of nitrogens with zero attached hydrogens (tertiary/aromatic N) is 1. The van der Waals surface area contributed by atoms with Crippen molar-refractivity contribution >= 4 is 12.1 Å². The van der Waals surface area contributed by atoms with Gasteiger partial charge in [-0.25, -0.2) is 4.79 Å². The van der Waals surface area contributed by atoms with Gasteiger partial charge in [0.05, 0.1) is 12.5 Å². The van der Waals surface area contributed by atoms with Crippen molar-refractivity contribution in [3.8, 4) is 0 Å². The third-order valence-corrected chi connectivity index (χ3v) is 4.90. The van der Waals surface area contributed by atoms with E-state index in [9.17, 15) is 9.59 Å². The van der Waals surface area contributed by atoms with Gasteiger partial charge in [0, 0.05) is 37.8 Å². The van der Waals surface area contributed by atoms with Gasteiger partial charge in [-0.2, -0.15) is 0 Å². The maximum atomic E-state index is 11.6. The van der Waals surface area contributed by atoms with Crippen molar-refractivity contribution in [3.63, 3.8) is 0 Å². The first-order valence-corrected chi connectivity index (χ1v) is 7.03. The lowest BCUT2D eigenvalue weighted by molar-refractivity contribution is -0.202. The molecule has 3 aliphatic carbocycles. The van der Waals surface area contributed by atoms with E-state index in [0.717, 1.165) is 25.8 Å². The Balaban J connectivity index is 1.44. The van der Waals surface area contributed by atoms with Crippen LogP contribution in [0.4, 0.5) is 4.79 Å². The van der Waals surface area contributed by atoms with Gasteiger partial charge < -0.3 is 25.4 Å². The van der Waals surface area contributed by atoms with Crippen molar-refractivity contribution < 1.29 is 19.4 Å². The molecular weight excluding hydrogens is 262 g/mol. The van der Waals surface area contributed by atoms with Crippen molar-refractivity contribution in [2.45, 2.75) is 30.8 Å². The van der Waals surface area contributed by atoms with Crippen LogP contribution in [0.2, 0.25) is 0 Å². The van der Waals surface area contributed by atoms with E-state index in [-0.39, 0.29) is 23.0 Å². The van der Waals surface area contributed by atoms with Crippen LogP contribution in [0.3, 0.4) is 0 Å². The summed E-state index contributed by atoms with van der Waals surface area (Å²) in [6.07, 6.45) is 1.69. The van der Waals surface area contributed by atoms with Gasteiger partial charge in [-0.1, -0.05) is 0 Å². The van der Waals surface area contributed by atoms with Crippen LogP contribution in [0.25, 0.3) is 0 Å². The number of amides is 1. The van der Waals surface area contributed by atoms with E-state index in [4.69, 9.17) is 9.84 Å². The minimum Gasteiger partial charge on any atom is -0.469 e. The van der Waals surface area contributed by atoms with Crippen LogP contribution in [-0.2, 0) is 9.53 Å². The molecule has 0 aromatic rings. The monoisotopic (exact) mass is 283 g/mol. The van der Waals surface area contributed by atoms with Crippen molar-refractivity contribution in [1.29, 1.82) is 0 Å². The zero-order valence-electron chi connectivity index (χ0n) is 11.6. The van der Waals surface area contributed by atoms with Crippen LogP contribution in [0.1, 0.15) is 19.3 Å². The van der Waals surface area contributed by atoms with Gasteiger partial charge >= 0.3 is 12.1 Å². The Bertz CT molecular complexity index is 420. The van der Waals surface area contributed by atoms with Gasteiger partial charge in [0.25, 0.3) is 0 Å². The van der Waals surface area contributed by atoms with E-state index in [1.54, 1.807) is 0 Å². The molecule has 1 heterocycles. The number of ether oxygens (including phenoxy) is 1. The Kier molecular flexibility index (Phi) is 3.13. The first kappa shape index (κ1) is 13.6. The number of hydrogen-bond donors (Lipinski definition) is 3. The standard InChI is InChI=1S/C13H21N3O4/c1-20-10(17)12-6-13(7-12,8-12)15-4-9-5-16(11(18)19)3-2-14-9/h9,14-15H,2-8H2,1H3,(H,18,19)/t9-,12?,13?/m1/s1. The predicted molar refractivity (Wildman–Crippen MR) is 70.4 cm³/mol. The van der Waals surface area contributed by atoms with Gasteiger partial charge in [-0.15, -0.1) is 0 Å². The fourth-order valence-corrected chi connectivity index (χ4v) is 3.88. The molecule has 0 spiro atoms. The second-order valence-electron chi connectivity index (χ2n) is 6.34. The highest BCUT2D eigenvalue weighted by Gasteiger charge is 2.72. The number of methoxy groups -OCH3 is 1. The highest BCUT2D eigenvalue weighted by molar-refractivity contribution is 5.82. The Morgan fingerprint density at radius 1 is 1.45 bits per heavy atom. The minimum atomic E-state index is -0.855. The summed E-state index contributed by atoms with van der Waals surface area (Å²) < 4.78 is 4.82. The Morgan fingerprint density at radius 3 is 2.75 bits per heavy atom. The second kappa shape index (κ2) is 4.60. The maximum absolute atomic E-state index is 11.6. The second-order valence-corrected chi connectivity index (χ2v) is 6.34. The molecular formula is C13H21N3O4.